The summed E-state index contributed by atoms with van der Waals surface area (Å²) < 4.78 is 25.2. The molecule has 5 atom stereocenters. The Bertz CT molecular complexity index is 1430. The van der Waals surface area contributed by atoms with E-state index in [0.717, 1.165) is 0 Å². The fourth-order valence-corrected chi connectivity index (χ4v) is 11.7. The Morgan fingerprint density at radius 3 is 2.00 bits per heavy atom. The van der Waals surface area contributed by atoms with Gasteiger partial charge >= 0.3 is 0 Å². The third-order valence-electron chi connectivity index (χ3n) is 9.94. The maximum Gasteiger partial charge on any atom is 0.261 e. The van der Waals surface area contributed by atoms with Crippen molar-refractivity contribution in [1.29, 1.82) is 0 Å². The smallest absolute Gasteiger partial charge is 0.261 e. The summed E-state index contributed by atoms with van der Waals surface area (Å²) in [4.78, 5) is 0. The van der Waals surface area contributed by atoms with E-state index < -0.39 is 34.6 Å². The van der Waals surface area contributed by atoms with E-state index in [9.17, 15) is 10.2 Å². The first kappa shape index (κ1) is 42.7. The molecule has 6 nitrogen and oxygen atoms in total. The lowest BCUT2D eigenvalue weighted by molar-refractivity contribution is -0.132. The molecule has 0 radical (unpaired) electrons. The van der Waals surface area contributed by atoms with Gasteiger partial charge in [-0.1, -0.05) is 157 Å². The molecule has 0 saturated carbocycles. The molecule has 0 fully saturated rings. The summed E-state index contributed by atoms with van der Waals surface area (Å²) in [6.07, 6.45) is 18.1. The Labute approximate surface area is 310 Å². The van der Waals surface area contributed by atoms with Crippen LogP contribution in [0.15, 0.2) is 121 Å². The Kier molecular flexibility index (Phi) is 15.8. The minimum atomic E-state index is -2.60. The number of hydrogen-bond acceptors (Lipinski definition) is 6. The van der Waals surface area contributed by atoms with Crippen molar-refractivity contribution in [1.82, 2.24) is 0 Å². The summed E-state index contributed by atoms with van der Waals surface area (Å²) in [6.45, 7) is 22.4. The number of benzene rings is 2. The van der Waals surface area contributed by atoms with Crippen LogP contribution in [0.2, 0.25) is 23.2 Å². The highest BCUT2D eigenvalue weighted by molar-refractivity contribution is 6.99. The molecule has 0 saturated heterocycles. The average molecular weight is 733 g/mol. The number of aliphatic hydroxyl groups excluding tert-OH is 1. The lowest BCUT2D eigenvalue weighted by Crippen LogP contribution is -2.66. The third kappa shape index (κ3) is 12.2. The van der Waals surface area contributed by atoms with Crippen LogP contribution in [-0.4, -0.2) is 70.3 Å². The minimum absolute atomic E-state index is 0.0148. The van der Waals surface area contributed by atoms with E-state index in [1.807, 2.05) is 55.5 Å². The van der Waals surface area contributed by atoms with E-state index in [-0.39, 0.29) is 28.7 Å². The molecule has 1 aliphatic rings. The molecule has 1 heterocycles. The van der Waals surface area contributed by atoms with E-state index in [2.05, 4.69) is 121 Å². The van der Waals surface area contributed by atoms with E-state index in [1.54, 1.807) is 13.0 Å². The van der Waals surface area contributed by atoms with Gasteiger partial charge in [-0.2, -0.15) is 0 Å². The molecule has 0 aliphatic carbocycles. The summed E-state index contributed by atoms with van der Waals surface area (Å²) in [7, 11) is -4.78. The van der Waals surface area contributed by atoms with Gasteiger partial charge in [0, 0.05) is 13.0 Å². The van der Waals surface area contributed by atoms with Gasteiger partial charge < -0.3 is 28.5 Å². The van der Waals surface area contributed by atoms with Crippen molar-refractivity contribution >= 4 is 27.0 Å². The van der Waals surface area contributed by atoms with Crippen molar-refractivity contribution in [2.24, 2.45) is 0 Å². The number of aliphatic hydroxyl groups is 2. The molecule has 0 bridgehead atoms. The maximum absolute atomic E-state index is 11.3. The van der Waals surface area contributed by atoms with Crippen LogP contribution in [0.25, 0.3) is 0 Å². The Hall–Kier alpha value is -2.67. The molecular formula is C43H64O6Si2. The first-order valence-electron chi connectivity index (χ1n) is 18.4. The second kappa shape index (κ2) is 18.9. The molecule has 0 aromatic heterocycles. The van der Waals surface area contributed by atoms with Crippen LogP contribution in [0.1, 0.15) is 68.2 Å². The van der Waals surface area contributed by atoms with Crippen LogP contribution in [0, 0.1) is 0 Å². The second-order valence-electron chi connectivity index (χ2n) is 16.1. The Morgan fingerprint density at radius 2 is 1.45 bits per heavy atom. The molecule has 2 N–H and O–H groups in total. The van der Waals surface area contributed by atoms with Crippen LogP contribution in [0.5, 0.6) is 0 Å². The number of allylic oxidation sites excluding steroid dienone is 4. The van der Waals surface area contributed by atoms with Gasteiger partial charge in [0.1, 0.15) is 5.60 Å². The fraction of sp³-hybridized carbons (Fsp3) is 0.488. The highest BCUT2D eigenvalue weighted by atomic mass is 28.4. The van der Waals surface area contributed by atoms with Crippen molar-refractivity contribution in [3.63, 3.8) is 0 Å². The topological polar surface area (TPSA) is 77.4 Å². The predicted octanol–water partition coefficient (Wildman–Crippen LogP) is 8.39. The van der Waals surface area contributed by atoms with Crippen LogP contribution < -0.4 is 10.4 Å². The van der Waals surface area contributed by atoms with E-state index in [1.165, 1.54) is 10.4 Å². The van der Waals surface area contributed by atoms with Gasteiger partial charge in [-0.25, -0.2) is 0 Å². The summed E-state index contributed by atoms with van der Waals surface area (Å²) in [5, 5.41) is 25.0. The minimum Gasteiger partial charge on any atom is -0.410 e. The molecule has 2 aromatic rings. The van der Waals surface area contributed by atoms with Crippen molar-refractivity contribution < 1.29 is 28.5 Å². The van der Waals surface area contributed by atoms with E-state index in [4.69, 9.17) is 18.3 Å². The van der Waals surface area contributed by atoms with Gasteiger partial charge in [-0.3, -0.25) is 0 Å². The number of hydrogen-bond donors (Lipinski definition) is 2. The van der Waals surface area contributed by atoms with E-state index in [0.29, 0.717) is 19.6 Å². The fourth-order valence-electron chi connectivity index (χ4n) is 5.96. The van der Waals surface area contributed by atoms with E-state index >= 15 is 0 Å². The van der Waals surface area contributed by atoms with Gasteiger partial charge in [0.05, 0.1) is 24.9 Å². The highest BCUT2D eigenvalue weighted by Crippen LogP contribution is 2.39. The third-order valence-corrected chi connectivity index (χ3v) is 19.4. The molecule has 0 amide bonds. The molecule has 8 heteroatoms. The zero-order chi connectivity index (χ0) is 37.8. The standard InChI is InChI=1S/C43H64O6Si2/c1-11-46-40-30-23-25-35(48-40)31-32-43(8,45)39(44)34-36(49-50(9,10)41(2,3)4)24-17-13-12-14-22-33-47-51(42(5,6)7,37-26-18-15-19-27-37)38-28-20-16-21-29-38/h12-24,26-32,35-36,39-40,44-45H,11,25,33-34H2,1-10H3/b13-12-,22-14+,24-17-,32-31+/t35-,36+,39-,40?,43-/m1/s1. The zero-order valence-electron chi connectivity index (χ0n) is 32.7. The van der Waals surface area contributed by atoms with Crippen molar-refractivity contribution in [3.05, 3.63) is 121 Å². The number of ether oxygens (including phenoxy) is 2. The molecule has 280 valence electrons. The molecule has 1 aliphatic heterocycles. The molecule has 51 heavy (non-hydrogen) atoms. The van der Waals surface area contributed by atoms with Gasteiger partial charge in [0.25, 0.3) is 8.32 Å². The maximum atomic E-state index is 11.3. The SMILES string of the molecule is CCOC1C=CC[C@H](/C=C/[C@@](C)(O)[C@H](O)C[C@H](\C=C/C=C\C=C\CO[Si](c2ccccc2)(c2ccccc2)C(C)(C)C)O[Si](C)(C)C(C)(C)C)O1. The van der Waals surface area contributed by atoms with Gasteiger partial charge in [-0.15, -0.1) is 0 Å². The van der Waals surface area contributed by atoms with Crippen molar-refractivity contribution in [2.45, 2.75) is 122 Å². The quantitative estimate of drug-likeness (QED) is 0.0967. The normalized spacial score (nSPS) is 20.5. The van der Waals surface area contributed by atoms with Gasteiger partial charge in [0.15, 0.2) is 14.6 Å². The largest absolute Gasteiger partial charge is 0.410 e. The van der Waals surface area contributed by atoms with Crippen LogP contribution in [0.4, 0.5) is 0 Å². The van der Waals surface area contributed by atoms with Crippen molar-refractivity contribution in [2.75, 3.05) is 13.2 Å². The lowest BCUT2D eigenvalue weighted by Gasteiger charge is -2.42. The molecular weight excluding hydrogens is 669 g/mol. The monoisotopic (exact) mass is 732 g/mol. The lowest BCUT2D eigenvalue weighted by atomic mass is 9.93. The number of rotatable bonds is 17. The first-order valence-corrected chi connectivity index (χ1v) is 23.2. The first-order chi connectivity index (χ1) is 23.9. The average Bonchev–Trinajstić information content (AvgIpc) is 3.06. The van der Waals surface area contributed by atoms with Crippen LogP contribution in [-0.2, 0) is 18.3 Å². The highest BCUT2D eigenvalue weighted by Gasteiger charge is 2.50. The second-order valence-corrected chi connectivity index (χ2v) is 25.1. The molecule has 1 unspecified atom stereocenters. The molecule has 0 spiro atoms. The summed E-state index contributed by atoms with van der Waals surface area (Å²) in [5.74, 6) is 0. The van der Waals surface area contributed by atoms with Gasteiger partial charge in [-0.05, 0) is 59.9 Å². The Morgan fingerprint density at radius 1 is 0.863 bits per heavy atom. The molecule has 2 aromatic carbocycles. The van der Waals surface area contributed by atoms with Crippen LogP contribution >= 0.6 is 0 Å². The zero-order valence-corrected chi connectivity index (χ0v) is 34.7. The molecule has 3 rings (SSSR count). The summed E-state index contributed by atoms with van der Waals surface area (Å²) in [6, 6.07) is 21.3. The van der Waals surface area contributed by atoms with Crippen molar-refractivity contribution in [3.8, 4) is 0 Å². The summed E-state index contributed by atoms with van der Waals surface area (Å²) >= 11 is 0. The Balaban J connectivity index is 1.72. The predicted molar refractivity (Wildman–Crippen MR) is 217 cm³/mol. The summed E-state index contributed by atoms with van der Waals surface area (Å²) in [5.41, 5.74) is -1.47. The van der Waals surface area contributed by atoms with Crippen LogP contribution in [0.3, 0.4) is 0 Å². The van der Waals surface area contributed by atoms with Gasteiger partial charge in [0.2, 0.25) is 0 Å².